The van der Waals surface area contributed by atoms with Crippen molar-refractivity contribution in [2.75, 3.05) is 7.11 Å². The van der Waals surface area contributed by atoms with E-state index in [1.54, 1.807) is 24.3 Å². The predicted molar refractivity (Wildman–Crippen MR) is 83.4 cm³/mol. The lowest BCUT2D eigenvalue weighted by Crippen LogP contribution is -2.42. The number of ether oxygens (including phenoxy) is 1. The summed E-state index contributed by atoms with van der Waals surface area (Å²) in [4.78, 5) is 35.5. The van der Waals surface area contributed by atoms with Crippen LogP contribution in [0.5, 0.6) is 0 Å². The van der Waals surface area contributed by atoms with Crippen molar-refractivity contribution in [1.82, 2.24) is 5.32 Å². The monoisotopic (exact) mass is 305 g/mol. The third-order valence-corrected chi connectivity index (χ3v) is 3.20. The average Bonchev–Trinajstić information content (AvgIpc) is 2.51. The Morgan fingerprint density at radius 2 is 1.73 bits per heavy atom. The summed E-state index contributed by atoms with van der Waals surface area (Å²) in [7, 11) is 1.29. The van der Waals surface area contributed by atoms with Crippen LogP contribution in [0.4, 0.5) is 0 Å². The number of hydrogen-bond donors (Lipinski definition) is 1. The van der Waals surface area contributed by atoms with Gasteiger partial charge in [-0.25, -0.2) is 4.79 Å². The molecular weight excluding hydrogens is 282 g/mol. The molecule has 1 amide bonds. The van der Waals surface area contributed by atoms with Gasteiger partial charge < -0.3 is 10.1 Å². The Morgan fingerprint density at radius 3 is 2.27 bits per heavy atom. The molecule has 0 saturated carbocycles. The maximum Gasteiger partial charge on any atom is 0.328 e. The summed E-state index contributed by atoms with van der Waals surface area (Å²) >= 11 is 0. The minimum absolute atomic E-state index is 0.0549. The van der Waals surface area contributed by atoms with Gasteiger partial charge in [0.15, 0.2) is 5.78 Å². The number of amides is 1. The van der Waals surface area contributed by atoms with E-state index in [0.717, 1.165) is 0 Å². The Hall–Kier alpha value is -2.17. The molecule has 0 bridgehead atoms. The molecule has 0 aromatic heterocycles. The van der Waals surface area contributed by atoms with E-state index in [0.29, 0.717) is 12.0 Å². The summed E-state index contributed by atoms with van der Waals surface area (Å²) in [6.45, 7) is 3.92. The lowest BCUT2D eigenvalue weighted by atomic mass is 10.0. The molecule has 0 radical (unpaired) electrons. The first-order valence-electron chi connectivity index (χ1n) is 7.39. The number of methoxy groups -OCH3 is 1. The van der Waals surface area contributed by atoms with Gasteiger partial charge in [-0.1, -0.05) is 44.2 Å². The van der Waals surface area contributed by atoms with Crippen molar-refractivity contribution in [3.63, 3.8) is 0 Å². The smallest absolute Gasteiger partial charge is 0.328 e. The number of ketones is 1. The molecule has 1 rings (SSSR count). The summed E-state index contributed by atoms with van der Waals surface area (Å²) in [6.07, 6.45) is 0.676. The van der Waals surface area contributed by atoms with Crippen molar-refractivity contribution in [3.05, 3.63) is 35.9 Å². The molecule has 22 heavy (non-hydrogen) atoms. The lowest BCUT2D eigenvalue weighted by Gasteiger charge is -2.18. The van der Waals surface area contributed by atoms with Gasteiger partial charge >= 0.3 is 5.97 Å². The molecular formula is C17H23NO4. The molecule has 0 heterocycles. The van der Waals surface area contributed by atoms with E-state index >= 15 is 0 Å². The fourth-order valence-electron chi connectivity index (χ4n) is 2.09. The SMILES string of the molecule is COC(=O)[C@H](CC(C)C)NC(=O)CCC(=O)c1ccccc1. The molecule has 0 saturated heterocycles. The summed E-state index contributed by atoms with van der Waals surface area (Å²) in [5.41, 5.74) is 0.585. The van der Waals surface area contributed by atoms with Crippen LogP contribution in [0.15, 0.2) is 30.3 Å². The third kappa shape index (κ3) is 6.08. The Balaban J connectivity index is 2.50. The van der Waals surface area contributed by atoms with E-state index in [1.807, 2.05) is 19.9 Å². The van der Waals surface area contributed by atoms with Gasteiger partial charge in [0.05, 0.1) is 7.11 Å². The van der Waals surface area contributed by atoms with E-state index in [2.05, 4.69) is 10.1 Å². The van der Waals surface area contributed by atoms with E-state index in [1.165, 1.54) is 7.11 Å². The number of esters is 1. The molecule has 1 aromatic carbocycles. The van der Waals surface area contributed by atoms with Crippen LogP contribution in [0.1, 0.15) is 43.5 Å². The first-order valence-corrected chi connectivity index (χ1v) is 7.39. The standard InChI is InChI=1S/C17H23NO4/c1-12(2)11-14(17(21)22-3)18-16(20)10-9-15(19)13-7-5-4-6-8-13/h4-8,12,14H,9-11H2,1-3H3,(H,18,20)/t14-/m0/s1. The minimum Gasteiger partial charge on any atom is -0.467 e. The quantitative estimate of drug-likeness (QED) is 0.591. The number of rotatable bonds is 8. The van der Waals surface area contributed by atoms with Crippen molar-refractivity contribution in [2.45, 2.75) is 39.2 Å². The third-order valence-electron chi connectivity index (χ3n) is 3.20. The van der Waals surface area contributed by atoms with Crippen molar-refractivity contribution in [2.24, 2.45) is 5.92 Å². The molecule has 0 aliphatic carbocycles. The normalized spacial score (nSPS) is 11.8. The highest BCUT2D eigenvalue weighted by Gasteiger charge is 2.22. The van der Waals surface area contributed by atoms with Crippen LogP contribution >= 0.6 is 0 Å². The largest absolute Gasteiger partial charge is 0.467 e. The van der Waals surface area contributed by atoms with Gasteiger partial charge in [0.25, 0.3) is 0 Å². The average molecular weight is 305 g/mol. The first-order chi connectivity index (χ1) is 10.4. The molecule has 0 unspecified atom stereocenters. The van der Waals surface area contributed by atoms with E-state index < -0.39 is 12.0 Å². The van der Waals surface area contributed by atoms with Crippen molar-refractivity contribution in [1.29, 1.82) is 0 Å². The van der Waals surface area contributed by atoms with E-state index in [-0.39, 0.29) is 30.4 Å². The van der Waals surface area contributed by atoms with Crippen LogP contribution in [0.25, 0.3) is 0 Å². The highest BCUT2D eigenvalue weighted by Crippen LogP contribution is 2.08. The second-order valence-electron chi connectivity index (χ2n) is 5.56. The van der Waals surface area contributed by atoms with Gasteiger partial charge in [0.1, 0.15) is 6.04 Å². The van der Waals surface area contributed by atoms with Gasteiger partial charge in [-0.2, -0.15) is 0 Å². The summed E-state index contributed by atoms with van der Waals surface area (Å²) in [5, 5.41) is 2.64. The maximum atomic E-state index is 11.9. The minimum atomic E-state index is -0.663. The van der Waals surface area contributed by atoms with Crippen LogP contribution in [0.2, 0.25) is 0 Å². The number of benzene rings is 1. The summed E-state index contributed by atoms with van der Waals surface area (Å²) in [6, 6.07) is 8.17. The molecule has 0 fully saturated rings. The van der Waals surface area contributed by atoms with Crippen LogP contribution < -0.4 is 5.32 Å². The zero-order chi connectivity index (χ0) is 16.5. The van der Waals surface area contributed by atoms with Crippen LogP contribution in [-0.4, -0.2) is 30.8 Å². The Bertz CT molecular complexity index is 511. The fraction of sp³-hybridized carbons (Fsp3) is 0.471. The van der Waals surface area contributed by atoms with Gasteiger partial charge in [-0.05, 0) is 12.3 Å². The zero-order valence-electron chi connectivity index (χ0n) is 13.3. The Kier molecular flexibility index (Phi) is 7.29. The highest BCUT2D eigenvalue weighted by molar-refractivity contribution is 5.98. The van der Waals surface area contributed by atoms with Crippen molar-refractivity contribution < 1.29 is 19.1 Å². The van der Waals surface area contributed by atoms with Gasteiger partial charge in [-0.3, -0.25) is 9.59 Å². The van der Waals surface area contributed by atoms with Gasteiger partial charge in [0.2, 0.25) is 5.91 Å². The summed E-state index contributed by atoms with van der Waals surface area (Å²) in [5.74, 6) is -0.624. The number of carbonyl (C=O) groups is 3. The van der Waals surface area contributed by atoms with Crippen molar-refractivity contribution in [3.8, 4) is 0 Å². The highest BCUT2D eigenvalue weighted by atomic mass is 16.5. The summed E-state index contributed by atoms with van der Waals surface area (Å²) < 4.78 is 4.69. The topological polar surface area (TPSA) is 72.5 Å². The van der Waals surface area contributed by atoms with Gasteiger partial charge in [0, 0.05) is 18.4 Å². The van der Waals surface area contributed by atoms with Crippen LogP contribution in [-0.2, 0) is 14.3 Å². The number of nitrogens with one attached hydrogen (secondary N) is 1. The predicted octanol–water partition coefficient (Wildman–Crippen LogP) is 2.35. The molecule has 5 heteroatoms. The van der Waals surface area contributed by atoms with Crippen LogP contribution in [0, 0.1) is 5.92 Å². The molecule has 1 N–H and O–H groups in total. The number of Topliss-reactive ketones (excluding diaryl/α,β-unsaturated/α-hetero) is 1. The molecule has 0 spiro atoms. The maximum absolute atomic E-state index is 11.9. The van der Waals surface area contributed by atoms with E-state index in [4.69, 9.17) is 0 Å². The first kappa shape index (κ1) is 17.9. The molecule has 120 valence electrons. The van der Waals surface area contributed by atoms with E-state index in [9.17, 15) is 14.4 Å². The second kappa shape index (κ2) is 8.97. The fourth-order valence-corrected chi connectivity index (χ4v) is 2.09. The number of hydrogen-bond acceptors (Lipinski definition) is 4. The second-order valence-corrected chi connectivity index (χ2v) is 5.56. The zero-order valence-corrected chi connectivity index (χ0v) is 13.3. The van der Waals surface area contributed by atoms with Gasteiger partial charge in [-0.15, -0.1) is 0 Å². The van der Waals surface area contributed by atoms with Crippen LogP contribution in [0.3, 0.4) is 0 Å². The Labute approximate surface area is 131 Å². The Morgan fingerprint density at radius 1 is 1.09 bits per heavy atom. The molecule has 0 aliphatic heterocycles. The molecule has 5 nitrogen and oxygen atoms in total. The number of carbonyl (C=O) groups excluding carboxylic acids is 3. The molecule has 1 aromatic rings. The molecule has 1 atom stereocenters. The van der Waals surface area contributed by atoms with Crippen molar-refractivity contribution >= 4 is 17.7 Å². The lowest BCUT2D eigenvalue weighted by molar-refractivity contribution is -0.145. The molecule has 0 aliphatic rings.